The molecule has 1 N–H and O–H groups in total. The van der Waals surface area contributed by atoms with Gasteiger partial charge in [-0.15, -0.1) is 5.01 Å². The van der Waals surface area contributed by atoms with Crippen LogP contribution >= 0.6 is 0 Å². The monoisotopic (exact) mass is 383 g/mol. The number of ether oxygens (including phenoxy) is 3. The summed E-state index contributed by atoms with van der Waals surface area (Å²) in [5, 5.41) is 7.59. The van der Waals surface area contributed by atoms with Crippen molar-refractivity contribution in [1.82, 2.24) is 10.3 Å². The molecule has 2 aromatic carbocycles. The molecule has 28 heavy (non-hydrogen) atoms. The van der Waals surface area contributed by atoms with Crippen molar-refractivity contribution in [3.63, 3.8) is 0 Å². The van der Waals surface area contributed by atoms with E-state index in [2.05, 4.69) is 10.4 Å². The Kier molecular flexibility index (Phi) is 5.21. The van der Waals surface area contributed by atoms with Gasteiger partial charge in [0.2, 0.25) is 0 Å². The highest BCUT2D eigenvalue weighted by Gasteiger charge is 2.49. The van der Waals surface area contributed by atoms with Crippen LogP contribution in [0.25, 0.3) is 0 Å². The van der Waals surface area contributed by atoms with Crippen LogP contribution in [-0.2, 0) is 10.3 Å². The quantitative estimate of drug-likeness (QED) is 0.612. The van der Waals surface area contributed by atoms with E-state index in [1.807, 2.05) is 0 Å². The van der Waals surface area contributed by atoms with Gasteiger partial charge in [-0.3, -0.25) is 4.79 Å². The van der Waals surface area contributed by atoms with Crippen molar-refractivity contribution >= 4 is 18.2 Å². The average Bonchev–Trinajstić information content (AvgIpc) is 2.95. The van der Waals surface area contributed by atoms with Crippen LogP contribution in [0.3, 0.4) is 0 Å². The van der Waals surface area contributed by atoms with Crippen LogP contribution in [0.5, 0.6) is 17.2 Å². The van der Waals surface area contributed by atoms with E-state index in [-0.39, 0.29) is 0 Å². The van der Waals surface area contributed by atoms with Gasteiger partial charge < -0.3 is 19.5 Å². The van der Waals surface area contributed by atoms with Gasteiger partial charge in [-0.2, -0.15) is 5.10 Å². The first-order chi connectivity index (χ1) is 13.4. The molecule has 0 aliphatic carbocycles. The number of carbonyl (C=O) groups is 2. The summed E-state index contributed by atoms with van der Waals surface area (Å²) in [6, 6.07) is 11.5. The first kappa shape index (κ1) is 19.2. The van der Waals surface area contributed by atoms with Gasteiger partial charge in [-0.1, -0.05) is 12.1 Å². The number of hydrogen-bond acceptors (Lipinski definition) is 6. The summed E-state index contributed by atoms with van der Waals surface area (Å²) < 4.78 is 15.6. The Morgan fingerprint density at radius 1 is 0.964 bits per heavy atom. The van der Waals surface area contributed by atoms with Crippen molar-refractivity contribution < 1.29 is 23.8 Å². The summed E-state index contributed by atoms with van der Waals surface area (Å²) in [5.41, 5.74) is 0.0740. The molecule has 1 aliphatic heterocycles. The zero-order valence-electron chi connectivity index (χ0n) is 16.1. The van der Waals surface area contributed by atoms with Gasteiger partial charge >= 0.3 is 6.03 Å². The Morgan fingerprint density at radius 2 is 1.64 bits per heavy atom. The van der Waals surface area contributed by atoms with Crippen LogP contribution in [0.15, 0.2) is 47.6 Å². The predicted molar refractivity (Wildman–Crippen MR) is 103 cm³/mol. The minimum atomic E-state index is -1.21. The molecule has 1 aliphatic rings. The number of imide groups is 1. The third-order valence-electron chi connectivity index (χ3n) is 4.57. The summed E-state index contributed by atoms with van der Waals surface area (Å²) in [6.07, 6.45) is 1.42. The number of carbonyl (C=O) groups excluding carboxylic acids is 2. The number of methoxy groups -OCH3 is 3. The highest BCUT2D eigenvalue weighted by Crippen LogP contribution is 2.30. The number of amides is 3. The van der Waals surface area contributed by atoms with Crippen molar-refractivity contribution in [3.8, 4) is 17.2 Å². The summed E-state index contributed by atoms with van der Waals surface area (Å²) in [5.74, 6) is 1.28. The number of hydrazone groups is 1. The fourth-order valence-corrected chi connectivity index (χ4v) is 2.91. The molecule has 0 spiro atoms. The second-order valence-corrected chi connectivity index (χ2v) is 6.26. The second kappa shape index (κ2) is 7.59. The lowest BCUT2D eigenvalue weighted by Crippen LogP contribution is -2.40. The van der Waals surface area contributed by atoms with Gasteiger partial charge in [0.05, 0.1) is 27.5 Å². The maximum absolute atomic E-state index is 12.9. The lowest BCUT2D eigenvalue weighted by atomic mass is 9.92. The van der Waals surface area contributed by atoms with E-state index < -0.39 is 17.5 Å². The van der Waals surface area contributed by atoms with Gasteiger partial charge in [0, 0.05) is 0 Å². The zero-order valence-corrected chi connectivity index (χ0v) is 16.1. The number of rotatable bonds is 6. The Balaban J connectivity index is 1.84. The Morgan fingerprint density at radius 3 is 2.25 bits per heavy atom. The van der Waals surface area contributed by atoms with Crippen LogP contribution < -0.4 is 19.5 Å². The van der Waals surface area contributed by atoms with Crippen LogP contribution in [0.1, 0.15) is 18.1 Å². The van der Waals surface area contributed by atoms with Crippen molar-refractivity contribution in [2.45, 2.75) is 12.5 Å². The Bertz CT molecular complexity index is 926. The van der Waals surface area contributed by atoms with Gasteiger partial charge in [-0.25, -0.2) is 4.79 Å². The molecule has 146 valence electrons. The van der Waals surface area contributed by atoms with Crippen molar-refractivity contribution in [2.24, 2.45) is 5.10 Å². The Labute approximate surface area is 162 Å². The third kappa shape index (κ3) is 3.36. The number of nitrogens with zero attached hydrogens (tertiary/aromatic N) is 2. The van der Waals surface area contributed by atoms with E-state index in [9.17, 15) is 9.59 Å². The molecule has 0 unspecified atom stereocenters. The normalized spacial score (nSPS) is 19.1. The summed E-state index contributed by atoms with van der Waals surface area (Å²) in [7, 11) is 4.62. The minimum Gasteiger partial charge on any atom is -0.497 e. The topological polar surface area (TPSA) is 89.5 Å². The molecule has 1 heterocycles. The summed E-state index contributed by atoms with van der Waals surface area (Å²) in [6.45, 7) is 1.64. The SMILES string of the molecule is COc1ccc([C@]2(C)NC(=O)N(/N=C\c3ccc(OC)c(OC)c3)C2=O)cc1. The van der Waals surface area contributed by atoms with Crippen molar-refractivity contribution in [3.05, 3.63) is 53.6 Å². The molecule has 3 rings (SSSR count). The minimum absolute atomic E-state index is 0.473. The fraction of sp³-hybridized carbons (Fsp3) is 0.250. The van der Waals surface area contributed by atoms with E-state index in [1.165, 1.54) is 13.3 Å². The number of urea groups is 1. The molecule has 0 radical (unpaired) electrons. The Hall–Kier alpha value is -3.55. The maximum atomic E-state index is 12.9. The average molecular weight is 383 g/mol. The molecular weight excluding hydrogens is 362 g/mol. The van der Waals surface area contributed by atoms with E-state index in [0.717, 1.165) is 5.01 Å². The van der Waals surface area contributed by atoms with Crippen molar-refractivity contribution in [1.29, 1.82) is 0 Å². The second-order valence-electron chi connectivity index (χ2n) is 6.26. The van der Waals surface area contributed by atoms with Gasteiger partial charge in [0.1, 0.15) is 11.3 Å². The smallest absolute Gasteiger partial charge is 0.346 e. The first-order valence-corrected chi connectivity index (χ1v) is 8.50. The lowest BCUT2D eigenvalue weighted by Gasteiger charge is -2.21. The molecule has 8 heteroatoms. The summed E-state index contributed by atoms with van der Waals surface area (Å²) >= 11 is 0. The number of benzene rings is 2. The molecule has 8 nitrogen and oxygen atoms in total. The summed E-state index contributed by atoms with van der Waals surface area (Å²) in [4.78, 5) is 25.2. The molecule has 0 aromatic heterocycles. The van der Waals surface area contributed by atoms with E-state index in [0.29, 0.717) is 28.4 Å². The molecule has 1 saturated heterocycles. The standard InChI is InChI=1S/C20H21N3O5/c1-20(14-6-8-15(26-2)9-7-14)18(24)23(19(25)22-20)21-12-13-5-10-16(27-3)17(11-13)28-4/h5-12H,1-4H3,(H,22,25)/b21-12-/t20-/m0/s1. The molecule has 0 bridgehead atoms. The third-order valence-corrected chi connectivity index (χ3v) is 4.57. The van der Waals surface area contributed by atoms with E-state index >= 15 is 0 Å². The van der Waals surface area contributed by atoms with Crippen LogP contribution in [0.4, 0.5) is 4.79 Å². The van der Waals surface area contributed by atoms with Crippen molar-refractivity contribution in [2.75, 3.05) is 21.3 Å². The fourth-order valence-electron chi connectivity index (χ4n) is 2.91. The first-order valence-electron chi connectivity index (χ1n) is 8.50. The number of nitrogens with one attached hydrogen (secondary N) is 1. The number of hydrogen-bond donors (Lipinski definition) is 1. The molecule has 1 fully saturated rings. The highest BCUT2D eigenvalue weighted by atomic mass is 16.5. The predicted octanol–water partition coefficient (Wildman–Crippen LogP) is 2.51. The van der Waals surface area contributed by atoms with E-state index in [4.69, 9.17) is 14.2 Å². The molecule has 2 aromatic rings. The van der Waals surface area contributed by atoms with Gasteiger partial charge in [-0.05, 0) is 48.4 Å². The van der Waals surface area contributed by atoms with Crippen LogP contribution in [-0.4, -0.2) is 44.5 Å². The highest BCUT2D eigenvalue weighted by molar-refractivity contribution is 6.07. The molecular formula is C20H21N3O5. The molecule has 1 atom stereocenters. The van der Waals surface area contributed by atoms with Crippen LogP contribution in [0.2, 0.25) is 0 Å². The van der Waals surface area contributed by atoms with Crippen LogP contribution in [0, 0.1) is 0 Å². The molecule has 0 saturated carbocycles. The lowest BCUT2D eigenvalue weighted by molar-refractivity contribution is -0.131. The zero-order chi connectivity index (χ0) is 20.3. The van der Waals surface area contributed by atoms with Gasteiger partial charge in [0.15, 0.2) is 11.5 Å². The van der Waals surface area contributed by atoms with E-state index in [1.54, 1.807) is 63.6 Å². The maximum Gasteiger partial charge on any atom is 0.346 e. The van der Waals surface area contributed by atoms with Gasteiger partial charge in [0.25, 0.3) is 5.91 Å². The molecule has 3 amide bonds. The largest absolute Gasteiger partial charge is 0.497 e.